The van der Waals surface area contributed by atoms with E-state index in [2.05, 4.69) is 23.8 Å². The number of esters is 1. The summed E-state index contributed by atoms with van der Waals surface area (Å²) in [6.07, 6.45) is 17.4. The first-order valence-corrected chi connectivity index (χ1v) is 11.4. The Kier molecular flexibility index (Phi) is 10.8. The van der Waals surface area contributed by atoms with Gasteiger partial charge in [0, 0.05) is 24.0 Å². The Balaban J connectivity index is 1.82. The molecule has 0 spiro atoms. The van der Waals surface area contributed by atoms with Crippen molar-refractivity contribution in [1.82, 2.24) is 9.97 Å². The zero-order chi connectivity index (χ0) is 21.6. The van der Waals surface area contributed by atoms with Gasteiger partial charge in [0.25, 0.3) is 0 Å². The summed E-state index contributed by atoms with van der Waals surface area (Å²) >= 11 is 0. The number of aryl methyl sites for hydroxylation is 1. The molecule has 4 heteroatoms. The van der Waals surface area contributed by atoms with Crippen LogP contribution >= 0.6 is 0 Å². The van der Waals surface area contributed by atoms with E-state index in [1.54, 1.807) is 6.08 Å². The Morgan fingerprint density at radius 2 is 1.63 bits per heavy atom. The van der Waals surface area contributed by atoms with E-state index >= 15 is 0 Å². The largest absolute Gasteiger partial charge is 0.460 e. The Labute approximate surface area is 181 Å². The number of hydrogen-bond acceptors (Lipinski definition) is 4. The maximum absolute atomic E-state index is 12.0. The van der Waals surface area contributed by atoms with Crippen LogP contribution in [0.1, 0.15) is 83.3 Å². The summed E-state index contributed by atoms with van der Waals surface area (Å²) in [6, 6.07) is 7.89. The van der Waals surface area contributed by atoms with Crippen LogP contribution in [-0.2, 0) is 16.0 Å². The molecule has 0 unspecified atom stereocenters. The maximum atomic E-state index is 12.0. The first-order valence-electron chi connectivity index (χ1n) is 11.4. The van der Waals surface area contributed by atoms with Crippen molar-refractivity contribution in [3.05, 3.63) is 53.9 Å². The molecular weight excluding hydrogens is 372 g/mol. The van der Waals surface area contributed by atoms with Crippen molar-refractivity contribution in [2.45, 2.75) is 84.7 Å². The highest BCUT2D eigenvalue weighted by Crippen LogP contribution is 2.17. The smallest absolute Gasteiger partial charge is 0.331 e. The molecule has 0 N–H and O–H groups in total. The summed E-state index contributed by atoms with van der Waals surface area (Å²) in [5, 5.41) is 0. The van der Waals surface area contributed by atoms with Gasteiger partial charge in [0.2, 0.25) is 0 Å². The molecule has 0 amide bonds. The molecule has 2 rings (SSSR count). The second-order valence-electron chi connectivity index (χ2n) is 7.92. The van der Waals surface area contributed by atoms with Crippen molar-refractivity contribution in [2.24, 2.45) is 0 Å². The molecule has 1 aromatic carbocycles. The van der Waals surface area contributed by atoms with Crippen LogP contribution in [0.2, 0.25) is 0 Å². The minimum Gasteiger partial charge on any atom is -0.460 e. The van der Waals surface area contributed by atoms with Gasteiger partial charge < -0.3 is 4.74 Å². The number of ether oxygens (including phenoxy) is 1. The lowest BCUT2D eigenvalue weighted by atomic mass is 10.1. The Morgan fingerprint density at radius 3 is 2.30 bits per heavy atom. The number of unbranched alkanes of at least 4 members (excludes halogenated alkanes) is 5. The first-order chi connectivity index (χ1) is 14.6. The average molecular weight is 409 g/mol. The number of carbonyl (C=O) groups excluding carboxylic acids is 1. The summed E-state index contributed by atoms with van der Waals surface area (Å²) in [4.78, 5) is 21.0. The summed E-state index contributed by atoms with van der Waals surface area (Å²) in [6.45, 7) is 6.36. The van der Waals surface area contributed by atoms with Crippen LogP contribution in [0, 0.1) is 0 Å². The molecular formula is C26H36N2O2. The molecule has 0 aliphatic rings. The van der Waals surface area contributed by atoms with Crippen molar-refractivity contribution < 1.29 is 9.53 Å². The van der Waals surface area contributed by atoms with Crippen molar-refractivity contribution in [1.29, 1.82) is 0 Å². The van der Waals surface area contributed by atoms with Gasteiger partial charge in [0.1, 0.15) is 0 Å². The van der Waals surface area contributed by atoms with Gasteiger partial charge in [-0.1, -0.05) is 70.2 Å². The lowest BCUT2D eigenvalue weighted by Crippen LogP contribution is -2.12. The lowest BCUT2D eigenvalue weighted by molar-refractivity contribution is -0.142. The predicted molar refractivity (Wildman–Crippen MR) is 124 cm³/mol. The van der Waals surface area contributed by atoms with E-state index in [9.17, 15) is 4.79 Å². The zero-order valence-electron chi connectivity index (χ0n) is 18.8. The molecule has 0 fully saturated rings. The molecule has 1 aromatic heterocycles. The van der Waals surface area contributed by atoms with Gasteiger partial charge in [-0.25, -0.2) is 14.8 Å². The van der Waals surface area contributed by atoms with Gasteiger partial charge in [-0.15, -0.1) is 0 Å². The summed E-state index contributed by atoms with van der Waals surface area (Å²) in [5.74, 6) is 0.435. The SMILES string of the molecule is CCCCCC[C@@H](C)OC(=O)C=Cc1ccc(-c2ncc(CCCCC)cn2)cc1. The van der Waals surface area contributed by atoms with Crippen molar-refractivity contribution in [3.8, 4) is 11.4 Å². The van der Waals surface area contributed by atoms with Crippen LogP contribution in [0.4, 0.5) is 0 Å². The van der Waals surface area contributed by atoms with Crippen LogP contribution in [0.3, 0.4) is 0 Å². The maximum Gasteiger partial charge on any atom is 0.331 e. The van der Waals surface area contributed by atoms with E-state index < -0.39 is 0 Å². The van der Waals surface area contributed by atoms with Crippen LogP contribution in [0.25, 0.3) is 17.5 Å². The summed E-state index contributed by atoms with van der Waals surface area (Å²) < 4.78 is 5.45. The van der Waals surface area contributed by atoms with E-state index in [0.717, 1.165) is 36.2 Å². The van der Waals surface area contributed by atoms with E-state index in [1.807, 2.05) is 43.6 Å². The third-order valence-corrected chi connectivity index (χ3v) is 5.14. The second kappa shape index (κ2) is 13.7. The molecule has 1 heterocycles. The third-order valence-electron chi connectivity index (χ3n) is 5.14. The minimum atomic E-state index is -0.288. The van der Waals surface area contributed by atoms with Crippen molar-refractivity contribution >= 4 is 12.0 Å². The van der Waals surface area contributed by atoms with E-state index in [0.29, 0.717) is 0 Å². The van der Waals surface area contributed by atoms with Crippen LogP contribution in [0.15, 0.2) is 42.7 Å². The monoisotopic (exact) mass is 408 g/mol. The van der Waals surface area contributed by atoms with Crippen LogP contribution in [0.5, 0.6) is 0 Å². The molecule has 0 saturated carbocycles. The van der Waals surface area contributed by atoms with Gasteiger partial charge in [0.05, 0.1) is 6.10 Å². The highest BCUT2D eigenvalue weighted by atomic mass is 16.5. The highest BCUT2D eigenvalue weighted by molar-refractivity contribution is 5.87. The standard InChI is InChI=1S/C26H36N2O2/c1-4-6-8-10-11-21(3)30-25(29)18-15-22-13-16-24(17-14-22)26-27-19-23(20-28-26)12-9-7-5-2/h13-21H,4-12H2,1-3H3/t21-/m1/s1. The Bertz CT molecular complexity index is 767. The first kappa shape index (κ1) is 23.8. The average Bonchev–Trinajstić information content (AvgIpc) is 2.76. The number of benzene rings is 1. The third kappa shape index (κ3) is 8.89. The molecule has 0 aliphatic heterocycles. The van der Waals surface area contributed by atoms with E-state index in [4.69, 9.17) is 4.74 Å². The normalized spacial score (nSPS) is 12.2. The number of carbonyl (C=O) groups is 1. The molecule has 0 radical (unpaired) electrons. The van der Waals surface area contributed by atoms with Crippen molar-refractivity contribution in [3.63, 3.8) is 0 Å². The fourth-order valence-electron chi connectivity index (χ4n) is 3.27. The van der Waals surface area contributed by atoms with Gasteiger partial charge in [-0.05, 0) is 49.8 Å². The molecule has 0 saturated heterocycles. The van der Waals surface area contributed by atoms with Gasteiger partial charge in [-0.3, -0.25) is 0 Å². The van der Waals surface area contributed by atoms with Gasteiger partial charge in [0.15, 0.2) is 5.82 Å². The quantitative estimate of drug-likeness (QED) is 0.208. The fourth-order valence-corrected chi connectivity index (χ4v) is 3.27. The summed E-state index contributed by atoms with van der Waals surface area (Å²) in [7, 11) is 0. The molecule has 4 nitrogen and oxygen atoms in total. The number of hydrogen-bond donors (Lipinski definition) is 0. The number of aromatic nitrogens is 2. The highest BCUT2D eigenvalue weighted by Gasteiger charge is 2.07. The number of nitrogens with zero attached hydrogens (tertiary/aromatic N) is 2. The Hall–Kier alpha value is -2.49. The molecule has 0 aliphatic carbocycles. The van der Waals surface area contributed by atoms with Gasteiger partial charge >= 0.3 is 5.97 Å². The minimum absolute atomic E-state index is 0.0384. The molecule has 0 bridgehead atoms. The van der Waals surface area contributed by atoms with E-state index in [-0.39, 0.29) is 12.1 Å². The van der Waals surface area contributed by atoms with Crippen LogP contribution in [-0.4, -0.2) is 22.0 Å². The van der Waals surface area contributed by atoms with E-state index in [1.165, 1.54) is 50.2 Å². The van der Waals surface area contributed by atoms with Gasteiger partial charge in [-0.2, -0.15) is 0 Å². The van der Waals surface area contributed by atoms with Crippen LogP contribution < -0.4 is 0 Å². The fraction of sp³-hybridized carbons (Fsp3) is 0.500. The molecule has 30 heavy (non-hydrogen) atoms. The lowest BCUT2D eigenvalue weighted by Gasteiger charge is -2.11. The summed E-state index contributed by atoms with van der Waals surface area (Å²) in [5.41, 5.74) is 3.10. The topological polar surface area (TPSA) is 52.1 Å². The molecule has 2 aromatic rings. The Morgan fingerprint density at radius 1 is 0.967 bits per heavy atom. The molecule has 162 valence electrons. The molecule has 1 atom stereocenters. The predicted octanol–water partition coefficient (Wildman–Crippen LogP) is 6.79. The van der Waals surface area contributed by atoms with Crippen molar-refractivity contribution in [2.75, 3.05) is 0 Å². The zero-order valence-corrected chi connectivity index (χ0v) is 18.8. The second-order valence-corrected chi connectivity index (χ2v) is 7.92. The number of rotatable bonds is 13.